The lowest BCUT2D eigenvalue weighted by molar-refractivity contribution is -0.158. The van der Waals surface area contributed by atoms with Crippen LogP contribution in [0, 0.1) is 0 Å². The van der Waals surface area contributed by atoms with E-state index >= 15 is 0 Å². The number of aliphatic hydroxyl groups is 1. The molecule has 1 aliphatic heterocycles. The van der Waals surface area contributed by atoms with E-state index in [0.717, 1.165) is 17.0 Å². The minimum atomic E-state index is -1.75. The first-order chi connectivity index (χ1) is 13.9. The van der Waals surface area contributed by atoms with Gasteiger partial charge in [-0.05, 0) is 37.5 Å². The zero-order valence-electron chi connectivity index (χ0n) is 16.2. The molecule has 0 radical (unpaired) electrons. The number of rotatable bonds is 7. The molecular formula is C22H23ClN2O4. The second-order valence-corrected chi connectivity index (χ2v) is 7.25. The number of hydrogen-bond acceptors (Lipinski definition) is 5. The van der Waals surface area contributed by atoms with Gasteiger partial charge in [0.15, 0.2) is 11.4 Å². The van der Waals surface area contributed by atoms with E-state index in [2.05, 4.69) is 5.10 Å². The third-order valence-electron chi connectivity index (χ3n) is 4.74. The second kappa shape index (κ2) is 9.20. The number of carbonyl (C=O) groups is 2. The van der Waals surface area contributed by atoms with Crippen LogP contribution in [0.2, 0.25) is 5.02 Å². The molecule has 1 heterocycles. The fourth-order valence-electron chi connectivity index (χ4n) is 3.27. The van der Waals surface area contributed by atoms with Crippen molar-refractivity contribution in [2.24, 2.45) is 5.10 Å². The molecular weight excluding hydrogens is 392 g/mol. The standard InChI is InChI=1S/C22H23ClN2O4/c1-2-29-21(27)19-15-22(28,17-11-13-18(23)14-12-17)25(24-19)20(26)10-6-9-16-7-4-3-5-8-16/h3-5,7-8,11-14,28H,2,6,9-10,15H2,1H3/t22-/m1/s1. The molecule has 2 aromatic carbocycles. The van der Waals surface area contributed by atoms with E-state index in [0.29, 0.717) is 17.0 Å². The van der Waals surface area contributed by atoms with Crippen LogP contribution in [-0.2, 0) is 26.5 Å². The van der Waals surface area contributed by atoms with Gasteiger partial charge in [0.25, 0.3) is 0 Å². The summed E-state index contributed by atoms with van der Waals surface area (Å²) in [6.07, 6.45) is 1.37. The molecule has 29 heavy (non-hydrogen) atoms. The fourth-order valence-corrected chi connectivity index (χ4v) is 3.40. The molecule has 1 aliphatic rings. The van der Waals surface area contributed by atoms with Crippen LogP contribution in [0.3, 0.4) is 0 Å². The molecule has 1 atom stereocenters. The summed E-state index contributed by atoms with van der Waals surface area (Å²) >= 11 is 5.94. The van der Waals surface area contributed by atoms with Crippen LogP contribution in [0.1, 0.15) is 37.3 Å². The van der Waals surface area contributed by atoms with Crippen molar-refractivity contribution in [1.82, 2.24) is 5.01 Å². The number of ether oxygens (including phenoxy) is 1. The van der Waals surface area contributed by atoms with E-state index in [1.165, 1.54) is 0 Å². The highest BCUT2D eigenvalue weighted by atomic mass is 35.5. The third kappa shape index (κ3) is 4.83. The van der Waals surface area contributed by atoms with Gasteiger partial charge in [0.2, 0.25) is 5.91 Å². The second-order valence-electron chi connectivity index (χ2n) is 6.81. The molecule has 7 heteroatoms. The van der Waals surface area contributed by atoms with E-state index < -0.39 is 11.7 Å². The first-order valence-corrected chi connectivity index (χ1v) is 9.92. The average molecular weight is 415 g/mol. The van der Waals surface area contributed by atoms with Gasteiger partial charge in [-0.3, -0.25) is 4.79 Å². The smallest absolute Gasteiger partial charge is 0.354 e. The number of amides is 1. The maximum atomic E-state index is 12.9. The quantitative estimate of drug-likeness (QED) is 0.701. The lowest BCUT2D eigenvalue weighted by Gasteiger charge is -2.31. The Morgan fingerprint density at radius 3 is 2.52 bits per heavy atom. The van der Waals surface area contributed by atoms with Crippen molar-refractivity contribution >= 4 is 29.2 Å². The Balaban J connectivity index is 1.78. The van der Waals surface area contributed by atoms with Crippen LogP contribution < -0.4 is 0 Å². The zero-order chi connectivity index (χ0) is 20.9. The number of aryl methyl sites for hydroxylation is 1. The largest absolute Gasteiger partial charge is 0.461 e. The van der Waals surface area contributed by atoms with Gasteiger partial charge in [-0.1, -0.05) is 54.1 Å². The maximum absolute atomic E-state index is 12.9. The van der Waals surface area contributed by atoms with Crippen LogP contribution in [0.25, 0.3) is 0 Å². The van der Waals surface area contributed by atoms with Crippen molar-refractivity contribution in [3.63, 3.8) is 0 Å². The molecule has 1 amide bonds. The number of carbonyl (C=O) groups excluding carboxylic acids is 2. The highest BCUT2D eigenvalue weighted by molar-refractivity contribution is 6.37. The van der Waals surface area contributed by atoms with Gasteiger partial charge >= 0.3 is 5.97 Å². The number of benzene rings is 2. The van der Waals surface area contributed by atoms with Crippen molar-refractivity contribution in [1.29, 1.82) is 0 Å². The van der Waals surface area contributed by atoms with Crippen LogP contribution in [0.5, 0.6) is 0 Å². The van der Waals surface area contributed by atoms with Crippen LogP contribution in [0.15, 0.2) is 59.7 Å². The lowest BCUT2D eigenvalue weighted by atomic mass is 9.97. The molecule has 0 bridgehead atoms. The molecule has 0 saturated carbocycles. The minimum absolute atomic E-state index is 0.0145. The number of halogens is 1. The summed E-state index contributed by atoms with van der Waals surface area (Å²) < 4.78 is 5.00. The monoisotopic (exact) mass is 414 g/mol. The summed E-state index contributed by atoms with van der Waals surface area (Å²) in [5.41, 5.74) is -0.177. The molecule has 2 aromatic rings. The van der Waals surface area contributed by atoms with Gasteiger partial charge in [0.1, 0.15) is 0 Å². The van der Waals surface area contributed by atoms with Crippen molar-refractivity contribution in [3.8, 4) is 0 Å². The maximum Gasteiger partial charge on any atom is 0.354 e. The van der Waals surface area contributed by atoms with Gasteiger partial charge in [0, 0.05) is 17.0 Å². The van der Waals surface area contributed by atoms with Gasteiger partial charge < -0.3 is 9.84 Å². The molecule has 6 nitrogen and oxygen atoms in total. The zero-order valence-corrected chi connectivity index (χ0v) is 16.9. The van der Waals surface area contributed by atoms with Crippen molar-refractivity contribution in [3.05, 3.63) is 70.7 Å². The van der Waals surface area contributed by atoms with Gasteiger partial charge in [-0.15, -0.1) is 0 Å². The van der Waals surface area contributed by atoms with Crippen molar-refractivity contribution in [2.75, 3.05) is 6.61 Å². The summed E-state index contributed by atoms with van der Waals surface area (Å²) in [7, 11) is 0. The molecule has 0 aliphatic carbocycles. The van der Waals surface area contributed by atoms with E-state index in [1.54, 1.807) is 31.2 Å². The summed E-state index contributed by atoms with van der Waals surface area (Å²) in [4.78, 5) is 25.1. The minimum Gasteiger partial charge on any atom is -0.461 e. The SMILES string of the molecule is CCOC(=O)C1=NN(C(=O)CCCc2ccccc2)[C@](O)(c2ccc(Cl)cc2)C1. The molecule has 152 valence electrons. The van der Waals surface area contributed by atoms with Crippen LogP contribution in [-0.4, -0.2) is 34.3 Å². The highest BCUT2D eigenvalue weighted by Gasteiger charge is 2.47. The van der Waals surface area contributed by atoms with Crippen LogP contribution >= 0.6 is 11.6 Å². The number of hydrazone groups is 1. The first-order valence-electron chi connectivity index (χ1n) is 9.54. The number of nitrogens with zero attached hydrogens (tertiary/aromatic N) is 2. The first kappa shape index (κ1) is 21.0. The highest BCUT2D eigenvalue weighted by Crippen LogP contribution is 2.36. The Bertz CT molecular complexity index is 899. The van der Waals surface area contributed by atoms with Gasteiger partial charge in [-0.25, -0.2) is 4.79 Å². The topological polar surface area (TPSA) is 79.2 Å². The Hall–Kier alpha value is -2.70. The third-order valence-corrected chi connectivity index (χ3v) is 4.99. The predicted molar refractivity (Wildman–Crippen MR) is 110 cm³/mol. The lowest BCUT2D eigenvalue weighted by Crippen LogP contribution is -2.43. The molecule has 0 unspecified atom stereocenters. The average Bonchev–Trinajstić information content (AvgIpc) is 3.08. The van der Waals surface area contributed by atoms with Crippen molar-refractivity contribution < 1.29 is 19.4 Å². The van der Waals surface area contributed by atoms with E-state index in [4.69, 9.17) is 16.3 Å². The van der Waals surface area contributed by atoms with E-state index in [9.17, 15) is 14.7 Å². The summed E-state index contributed by atoms with van der Waals surface area (Å²) in [5, 5.41) is 17.0. The fraction of sp³-hybridized carbons (Fsp3) is 0.318. The Labute approximate surface area is 174 Å². The molecule has 1 N–H and O–H groups in total. The summed E-state index contributed by atoms with van der Waals surface area (Å²) in [6, 6.07) is 16.3. The Morgan fingerprint density at radius 2 is 1.86 bits per heavy atom. The van der Waals surface area contributed by atoms with Gasteiger partial charge in [-0.2, -0.15) is 10.1 Å². The van der Waals surface area contributed by atoms with Crippen molar-refractivity contribution in [2.45, 2.75) is 38.3 Å². The Morgan fingerprint density at radius 1 is 1.17 bits per heavy atom. The molecule has 0 spiro atoms. The molecule has 0 saturated heterocycles. The summed E-state index contributed by atoms with van der Waals surface area (Å²) in [6.45, 7) is 1.87. The molecule has 3 rings (SSSR count). The van der Waals surface area contributed by atoms with Crippen LogP contribution in [0.4, 0.5) is 0 Å². The van der Waals surface area contributed by atoms with Gasteiger partial charge in [0.05, 0.1) is 13.0 Å². The number of esters is 1. The predicted octanol–water partition coefficient (Wildman–Crippen LogP) is 3.66. The molecule has 0 fully saturated rings. The molecule has 0 aromatic heterocycles. The summed E-state index contributed by atoms with van der Waals surface area (Å²) in [5.74, 6) is -1.00. The van der Waals surface area contributed by atoms with E-state index in [-0.39, 0.29) is 31.1 Å². The number of hydrogen-bond donors (Lipinski definition) is 1. The van der Waals surface area contributed by atoms with E-state index in [1.807, 2.05) is 30.3 Å². The normalized spacial score (nSPS) is 18.4. The Kier molecular flexibility index (Phi) is 6.67.